The fourth-order valence-electron chi connectivity index (χ4n) is 1.95. The van der Waals surface area contributed by atoms with E-state index in [0.717, 1.165) is 12.3 Å². The predicted molar refractivity (Wildman–Crippen MR) is 74.8 cm³/mol. The van der Waals surface area contributed by atoms with Gasteiger partial charge in [-0.3, -0.25) is 0 Å². The third-order valence-electron chi connectivity index (χ3n) is 3.05. The molecule has 0 fully saturated rings. The van der Waals surface area contributed by atoms with Crippen LogP contribution >= 0.6 is 22.6 Å². The smallest absolute Gasteiger partial charge is 0.278 e. The van der Waals surface area contributed by atoms with E-state index in [0.29, 0.717) is 9.82 Å². The molecular formula is C13H15IN2O. The maximum atomic E-state index is 5.59. The number of benzene rings is 1. The lowest BCUT2D eigenvalue weighted by Crippen LogP contribution is -2.11. The second kappa shape index (κ2) is 5.62. The molecule has 2 aromatic rings. The maximum Gasteiger partial charge on any atom is 0.278 e. The fraction of sp³-hybridized carbons (Fsp3) is 0.385. The molecule has 1 aromatic carbocycles. The topological polar surface area (TPSA) is 38.9 Å². The zero-order chi connectivity index (χ0) is 12.3. The number of aromatic nitrogens is 2. The van der Waals surface area contributed by atoms with Crippen molar-refractivity contribution >= 4 is 22.6 Å². The highest BCUT2D eigenvalue weighted by Gasteiger charge is 2.25. The van der Waals surface area contributed by atoms with Gasteiger partial charge in [0.1, 0.15) is 0 Å². The van der Waals surface area contributed by atoms with Gasteiger partial charge in [-0.2, -0.15) is 0 Å². The Morgan fingerprint density at radius 1 is 1.24 bits per heavy atom. The molecule has 0 amide bonds. The minimum absolute atomic E-state index is 0.192. The monoisotopic (exact) mass is 342 g/mol. The minimum Gasteiger partial charge on any atom is -0.416 e. The molecule has 0 saturated carbocycles. The third kappa shape index (κ3) is 2.86. The maximum absolute atomic E-state index is 5.59. The summed E-state index contributed by atoms with van der Waals surface area (Å²) in [7, 11) is 0. The van der Waals surface area contributed by atoms with Crippen LogP contribution in [-0.4, -0.2) is 10.2 Å². The summed E-state index contributed by atoms with van der Waals surface area (Å²) in [6, 6.07) is 10.4. The molecule has 0 aliphatic heterocycles. The summed E-state index contributed by atoms with van der Waals surface area (Å²) in [6.07, 6.45) is 1.08. The Labute approximate surface area is 115 Å². The lowest BCUT2D eigenvalue weighted by molar-refractivity contribution is 0.383. The average molecular weight is 342 g/mol. The Bertz CT molecular complexity index is 469. The molecule has 17 heavy (non-hydrogen) atoms. The molecule has 0 bridgehead atoms. The van der Waals surface area contributed by atoms with Gasteiger partial charge in [0, 0.05) is 22.6 Å². The molecule has 0 aliphatic rings. The molecule has 0 aliphatic carbocycles. The van der Waals surface area contributed by atoms with E-state index in [4.69, 9.17) is 4.42 Å². The van der Waals surface area contributed by atoms with E-state index in [1.807, 2.05) is 40.8 Å². The van der Waals surface area contributed by atoms with Crippen molar-refractivity contribution in [2.45, 2.75) is 26.2 Å². The molecular weight excluding hydrogens is 327 g/mol. The lowest BCUT2D eigenvalue weighted by Gasteiger charge is -2.19. The molecule has 4 heteroatoms. The molecule has 0 saturated heterocycles. The third-order valence-corrected chi connectivity index (χ3v) is 3.49. The molecule has 2 unspecified atom stereocenters. The number of halogens is 1. The van der Waals surface area contributed by atoms with Gasteiger partial charge < -0.3 is 4.42 Å². The van der Waals surface area contributed by atoms with E-state index < -0.39 is 0 Å². The van der Waals surface area contributed by atoms with Crippen molar-refractivity contribution in [3.05, 3.63) is 45.7 Å². The van der Waals surface area contributed by atoms with Crippen LogP contribution in [0.25, 0.3) is 0 Å². The van der Waals surface area contributed by atoms with Gasteiger partial charge in [0.25, 0.3) is 3.90 Å². The van der Waals surface area contributed by atoms with Gasteiger partial charge in [-0.1, -0.05) is 50.6 Å². The van der Waals surface area contributed by atoms with Crippen molar-refractivity contribution in [2.24, 2.45) is 5.92 Å². The fourth-order valence-corrected chi connectivity index (χ4v) is 2.29. The van der Waals surface area contributed by atoms with Crippen LogP contribution in [0, 0.1) is 9.82 Å². The Kier molecular flexibility index (Phi) is 4.15. The number of hydrogen-bond acceptors (Lipinski definition) is 3. The second-order valence-corrected chi connectivity index (χ2v) is 5.09. The number of nitrogens with zero attached hydrogens (tertiary/aromatic N) is 2. The van der Waals surface area contributed by atoms with E-state index in [1.54, 1.807) is 0 Å². The number of hydrogen-bond donors (Lipinski definition) is 0. The largest absolute Gasteiger partial charge is 0.416 e. The van der Waals surface area contributed by atoms with Gasteiger partial charge in [-0.05, 0) is 11.5 Å². The van der Waals surface area contributed by atoms with Gasteiger partial charge in [0.15, 0.2) is 0 Å². The molecule has 3 nitrogen and oxygen atoms in total. The van der Waals surface area contributed by atoms with Gasteiger partial charge in [0.2, 0.25) is 5.89 Å². The van der Waals surface area contributed by atoms with Crippen molar-refractivity contribution in [2.75, 3.05) is 0 Å². The van der Waals surface area contributed by atoms with Crippen LogP contribution in [0.4, 0.5) is 0 Å². The van der Waals surface area contributed by atoms with Crippen LogP contribution in [-0.2, 0) is 0 Å². The quantitative estimate of drug-likeness (QED) is 0.793. The van der Waals surface area contributed by atoms with Gasteiger partial charge in [0.05, 0.1) is 5.92 Å². The SMILES string of the molecule is CCC(C)C(c1ccccc1)c1nnc(I)o1. The molecule has 90 valence electrons. The molecule has 0 spiro atoms. The Morgan fingerprint density at radius 2 is 1.94 bits per heavy atom. The summed E-state index contributed by atoms with van der Waals surface area (Å²) in [5, 5.41) is 8.09. The van der Waals surface area contributed by atoms with E-state index in [1.165, 1.54) is 5.56 Å². The van der Waals surface area contributed by atoms with E-state index in [-0.39, 0.29) is 5.92 Å². The lowest BCUT2D eigenvalue weighted by atomic mass is 9.85. The Morgan fingerprint density at radius 3 is 2.47 bits per heavy atom. The molecule has 0 radical (unpaired) electrons. The van der Waals surface area contributed by atoms with Crippen molar-refractivity contribution in [1.82, 2.24) is 10.2 Å². The van der Waals surface area contributed by atoms with Crippen molar-refractivity contribution < 1.29 is 4.42 Å². The van der Waals surface area contributed by atoms with Crippen LogP contribution in [0.3, 0.4) is 0 Å². The normalized spacial score (nSPS) is 14.5. The van der Waals surface area contributed by atoms with Gasteiger partial charge >= 0.3 is 0 Å². The van der Waals surface area contributed by atoms with Crippen molar-refractivity contribution in [3.8, 4) is 0 Å². The minimum atomic E-state index is 0.192. The molecule has 1 aromatic heterocycles. The summed E-state index contributed by atoms with van der Waals surface area (Å²) in [6.45, 7) is 4.40. The van der Waals surface area contributed by atoms with Crippen molar-refractivity contribution in [3.63, 3.8) is 0 Å². The zero-order valence-corrected chi connectivity index (χ0v) is 12.1. The first kappa shape index (κ1) is 12.5. The predicted octanol–water partition coefficient (Wildman–Crippen LogP) is 3.85. The van der Waals surface area contributed by atoms with E-state index in [2.05, 4.69) is 36.2 Å². The Balaban J connectivity index is 2.39. The first-order valence-electron chi connectivity index (χ1n) is 5.76. The van der Waals surface area contributed by atoms with Crippen LogP contribution < -0.4 is 0 Å². The second-order valence-electron chi connectivity index (χ2n) is 4.17. The molecule has 0 N–H and O–H groups in total. The van der Waals surface area contributed by atoms with Crippen LogP contribution in [0.1, 0.15) is 37.6 Å². The first-order chi connectivity index (χ1) is 8.22. The molecule has 2 atom stereocenters. The summed E-state index contributed by atoms with van der Waals surface area (Å²) in [5.74, 6) is 1.39. The van der Waals surface area contributed by atoms with E-state index in [9.17, 15) is 0 Å². The summed E-state index contributed by atoms with van der Waals surface area (Å²) in [5.41, 5.74) is 1.24. The summed E-state index contributed by atoms with van der Waals surface area (Å²) < 4.78 is 6.19. The van der Waals surface area contributed by atoms with Gasteiger partial charge in [-0.25, -0.2) is 0 Å². The van der Waals surface area contributed by atoms with E-state index >= 15 is 0 Å². The molecule has 2 rings (SSSR count). The summed E-state index contributed by atoms with van der Waals surface area (Å²) >= 11 is 2.05. The molecule has 1 heterocycles. The average Bonchev–Trinajstić information content (AvgIpc) is 2.77. The van der Waals surface area contributed by atoms with Crippen molar-refractivity contribution in [1.29, 1.82) is 0 Å². The highest BCUT2D eigenvalue weighted by atomic mass is 127. The summed E-state index contributed by atoms with van der Waals surface area (Å²) in [4.78, 5) is 0. The van der Waals surface area contributed by atoms with Crippen LogP contribution in [0.2, 0.25) is 0 Å². The first-order valence-corrected chi connectivity index (χ1v) is 6.84. The zero-order valence-electron chi connectivity index (χ0n) is 9.93. The van der Waals surface area contributed by atoms with Crippen LogP contribution in [0.15, 0.2) is 34.7 Å². The van der Waals surface area contributed by atoms with Crippen LogP contribution in [0.5, 0.6) is 0 Å². The highest BCUT2D eigenvalue weighted by molar-refractivity contribution is 14.1. The Hall–Kier alpha value is -0.910. The standard InChI is InChI=1S/C13H15IN2O/c1-3-9(2)11(10-7-5-4-6-8-10)12-15-16-13(14)17-12/h4-9,11H,3H2,1-2H3. The van der Waals surface area contributed by atoms with Gasteiger partial charge in [-0.15, -0.1) is 10.2 Å². The number of rotatable bonds is 4. The highest BCUT2D eigenvalue weighted by Crippen LogP contribution is 2.32.